The fourth-order valence-corrected chi connectivity index (χ4v) is 3.18. The van der Waals surface area contributed by atoms with Crippen LogP contribution >= 0.6 is 0 Å². The van der Waals surface area contributed by atoms with Crippen LogP contribution in [-0.2, 0) is 0 Å². The molecule has 5 heteroatoms. The Kier molecular flexibility index (Phi) is 3.20. The third-order valence-electron chi connectivity index (χ3n) is 4.30. The molecule has 1 fully saturated rings. The lowest BCUT2D eigenvalue weighted by molar-refractivity contribution is 0.318. The van der Waals surface area contributed by atoms with E-state index >= 15 is 0 Å². The molecule has 110 valence electrons. The van der Waals surface area contributed by atoms with Crippen LogP contribution in [0.3, 0.4) is 0 Å². The van der Waals surface area contributed by atoms with Crippen LogP contribution in [0, 0.1) is 0 Å². The Morgan fingerprint density at radius 1 is 1.38 bits per heavy atom. The van der Waals surface area contributed by atoms with Crippen molar-refractivity contribution in [3.8, 4) is 0 Å². The van der Waals surface area contributed by atoms with Crippen LogP contribution in [-0.4, -0.2) is 28.1 Å². The number of rotatable bonds is 2. The van der Waals surface area contributed by atoms with Crippen LogP contribution in [0.4, 0.5) is 5.69 Å². The van der Waals surface area contributed by atoms with Gasteiger partial charge in [0.2, 0.25) is 0 Å². The Balaban J connectivity index is 2.31. The predicted molar refractivity (Wildman–Crippen MR) is 84.9 cm³/mol. The maximum Gasteiger partial charge on any atom is 0.173 e. The molecule has 3 N–H and O–H groups in total. The van der Waals surface area contributed by atoms with E-state index < -0.39 is 0 Å². The van der Waals surface area contributed by atoms with E-state index in [2.05, 4.69) is 28.9 Å². The largest absolute Gasteiger partial charge is 0.409 e. The first-order valence-electron chi connectivity index (χ1n) is 7.18. The highest BCUT2D eigenvalue weighted by molar-refractivity contribution is 6.09. The lowest BCUT2D eigenvalue weighted by Gasteiger charge is -2.35. The minimum absolute atomic E-state index is 0.0502. The third-order valence-corrected chi connectivity index (χ3v) is 4.30. The zero-order valence-corrected chi connectivity index (χ0v) is 12.4. The SMILES string of the molecule is CC1(C)CCCN1c1c(C(N)=NO)cnc2ccccc12. The van der Waals surface area contributed by atoms with Crippen LogP contribution < -0.4 is 10.6 Å². The number of benzene rings is 1. The number of nitrogens with zero attached hydrogens (tertiary/aromatic N) is 3. The van der Waals surface area contributed by atoms with Crippen LogP contribution in [0.25, 0.3) is 10.9 Å². The highest BCUT2D eigenvalue weighted by atomic mass is 16.4. The van der Waals surface area contributed by atoms with Crippen LogP contribution in [0.2, 0.25) is 0 Å². The number of fused-ring (bicyclic) bond motifs is 1. The summed E-state index contributed by atoms with van der Waals surface area (Å²) in [6, 6.07) is 7.99. The van der Waals surface area contributed by atoms with Gasteiger partial charge in [0.05, 0.1) is 16.8 Å². The van der Waals surface area contributed by atoms with Crippen molar-refractivity contribution in [2.75, 3.05) is 11.4 Å². The fourth-order valence-electron chi connectivity index (χ4n) is 3.18. The van der Waals surface area contributed by atoms with E-state index in [4.69, 9.17) is 10.9 Å². The van der Waals surface area contributed by atoms with Crippen molar-refractivity contribution in [3.63, 3.8) is 0 Å². The van der Waals surface area contributed by atoms with Crippen LogP contribution in [0.15, 0.2) is 35.6 Å². The maximum atomic E-state index is 9.07. The predicted octanol–water partition coefficient (Wildman–Crippen LogP) is 2.71. The summed E-state index contributed by atoms with van der Waals surface area (Å²) in [5.41, 5.74) is 8.55. The summed E-state index contributed by atoms with van der Waals surface area (Å²) in [6.07, 6.45) is 3.96. The average molecular weight is 284 g/mol. The van der Waals surface area contributed by atoms with Gasteiger partial charge in [-0.1, -0.05) is 23.4 Å². The van der Waals surface area contributed by atoms with Gasteiger partial charge in [0.15, 0.2) is 5.84 Å². The summed E-state index contributed by atoms with van der Waals surface area (Å²) in [7, 11) is 0. The number of hydrogen-bond acceptors (Lipinski definition) is 4. The van der Waals surface area contributed by atoms with Crippen LogP contribution in [0.5, 0.6) is 0 Å². The second-order valence-electron chi connectivity index (χ2n) is 6.09. The zero-order valence-electron chi connectivity index (χ0n) is 12.4. The fraction of sp³-hybridized carbons (Fsp3) is 0.375. The van der Waals surface area contributed by atoms with Gasteiger partial charge in [-0.2, -0.15) is 0 Å². The third kappa shape index (κ3) is 2.18. The highest BCUT2D eigenvalue weighted by Gasteiger charge is 2.34. The number of nitrogens with two attached hydrogens (primary N) is 1. The van der Waals surface area contributed by atoms with E-state index in [1.54, 1.807) is 6.20 Å². The Labute approximate surface area is 124 Å². The average Bonchev–Trinajstić information content (AvgIpc) is 2.84. The standard InChI is InChI=1S/C16H20N4O/c1-16(2)8-5-9-20(16)14-11-6-3-4-7-13(11)18-10-12(14)15(17)19-21/h3-4,6-7,10,21H,5,8-9H2,1-2H3,(H2,17,19). The Morgan fingerprint density at radius 2 is 2.14 bits per heavy atom. The summed E-state index contributed by atoms with van der Waals surface area (Å²) >= 11 is 0. The summed E-state index contributed by atoms with van der Waals surface area (Å²) in [5.74, 6) is 0.103. The molecule has 3 rings (SSSR count). The molecule has 0 radical (unpaired) electrons. The molecule has 0 spiro atoms. The first-order valence-corrected chi connectivity index (χ1v) is 7.18. The van der Waals surface area contributed by atoms with Gasteiger partial charge in [-0.25, -0.2) is 0 Å². The summed E-state index contributed by atoms with van der Waals surface area (Å²) in [5, 5.41) is 13.3. The molecule has 0 saturated carbocycles. The molecular weight excluding hydrogens is 264 g/mol. The van der Waals surface area contributed by atoms with E-state index in [1.165, 1.54) is 0 Å². The number of para-hydroxylation sites is 1. The quantitative estimate of drug-likeness (QED) is 0.385. The van der Waals surface area contributed by atoms with Gasteiger partial charge < -0.3 is 15.8 Å². The first-order chi connectivity index (χ1) is 10.0. The number of amidine groups is 1. The smallest absolute Gasteiger partial charge is 0.173 e. The number of oxime groups is 1. The van der Waals surface area contributed by atoms with E-state index in [0.29, 0.717) is 5.56 Å². The molecule has 0 unspecified atom stereocenters. The monoisotopic (exact) mass is 284 g/mol. The van der Waals surface area contributed by atoms with Crippen molar-refractivity contribution in [3.05, 3.63) is 36.0 Å². The number of anilines is 1. The molecule has 0 atom stereocenters. The molecule has 2 aromatic rings. The zero-order chi connectivity index (χ0) is 15.0. The van der Waals surface area contributed by atoms with E-state index in [-0.39, 0.29) is 11.4 Å². The van der Waals surface area contributed by atoms with Gasteiger partial charge >= 0.3 is 0 Å². The molecule has 1 saturated heterocycles. The number of pyridine rings is 1. The van der Waals surface area contributed by atoms with Gasteiger partial charge in [0.1, 0.15) is 0 Å². The van der Waals surface area contributed by atoms with Gasteiger partial charge in [0.25, 0.3) is 0 Å². The van der Waals surface area contributed by atoms with Crippen molar-refractivity contribution in [1.29, 1.82) is 0 Å². The Morgan fingerprint density at radius 3 is 2.81 bits per heavy atom. The lowest BCUT2D eigenvalue weighted by Crippen LogP contribution is -2.39. The minimum Gasteiger partial charge on any atom is -0.409 e. The molecule has 21 heavy (non-hydrogen) atoms. The van der Waals surface area contributed by atoms with E-state index in [1.807, 2.05) is 24.3 Å². The molecule has 5 nitrogen and oxygen atoms in total. The van der Waals surface area contributed by atoms with Crippen molar-refractivity contribution < 1.29 is 5.21 Å². The van der Waals surface area contributed by atoms with Gasteiger partial charge in [-0.05, 0) is 32.8 Å². The number of aromatic nitrogens is 1. The van der Waals surface area contributed by atoms with Crippen molar-refractivity contribution in [1.82, 2.24) is 4.98 Å². The molecule has 1 aliphatic rings. The molecule has 0 amide bonds. The normalized spacial score (nSPS) is 18.4. The van der Waals surface area contributed by atoms with E-state index in [9.17, 15) is 0 Å². The highest BCUT2D eigenvalue weighted by Crippen LogP contribution is 2.39. The van der Waals surface area contributed by atoms with Crippen molar-refractivity contribution >= 4 is 22.4 Å². The molecule has 0 aliphatic carbocycles. The summed E-state index contributed by atoms with van der Waals surface area (Å²) < 4.78 is 0. The topological polar surface area (TPSA) is 74.7 Å². The molecule has 1 aromatic carbocycles. The second kappa shape index (κ2) is 4.91. The Hall–Kier alpha value is -2.30. The van der Waals surface area contributed by atoms with Gasteiger partial charge in [-0.15, -0.1) is 0 Å². The minimum atomic E-state index is 0.0502. The number of hydrogen-bond donors (Lipinski definition) is 2. The molecule has 1 aliphatic heterocycles. The van der Waals surface area contributed by atoms with E-state index in [0.717, 1.165) is 36.0 Å². The van der Waals surface area contributed by atoms with Gasteiger partial charge in [0, 0.05) is 23.7 Å². The van der Waals surface area contributed by atoms with Crippen molar-refractivity contribution in [2.45, 2.75) is 32.2 Å². The summed E-state index contributed by atoms with van der Waals surface area (Å²) in [4.78, 5) is 6.78. The molecule has 0 bridgehead atoms. The van der Waals surface area contributed by atoms with Crippen molar-refractivity contribution in [2.24, 2.45) is 10.9 Å². The van der Waals surface area contributed by atoms with Gasteiger partial charge in [-0.3, -0.25) is 4.98 Å². The van der Waals surface area contributed by atoms with Crippen LogP contribution in [0.1, 0.15) is 32.3 Å². The molecule has 1 aromatic heterocycles. The summed E-state index contributed by atoms with van der Waals surface area (Å²) in [6.45, 7) is 5.42. The molecule has 2 heterocycles. The Bertz CT molecular complexity index is 708. The second-order valence-corrected chi connectivity index (χ2v) is 6.09. The molecular formula is C16H20N4O. The maximum absolute atomic E-state index is 9.07. The first kappa shape index (κ1) is 13.7. The lowest BCUT2D eigenvalue weighted by atomic mass is 9.99.